The Labute approximate surface area is 61.6 Å². The van der Waals surface area contributed by atoms with Crippen molar-refractivity contribution >= 4 is 5.97 Å². The van der Waals surface area contributed by atoms with Gasteiger partial charge in [0.1, 0.15) is 0 Å². The molecule has 0 spiro atoms. The van der Waals surface area contributed by atoms with Crippen molar-refractivity contribution in [2.75, 3.05) is 0 Å². The number of allylic oxidation sites excluding steroid dienone is 2. The van der Waals surface area contributed by atoms with Gasteiger partial charge in [-0.2, -0.15) is 0 Å². The van der Waals surface area contributed by atoms with Crippen LogP contribution in [0.3, 0.4) is 0 Å². The summed E-state index contributed by atoms with van der Waals surface area (Å²) in [6.07, 6.45) is 4.99. The van der Waals surface area contributed by atoms with Crippen molar-refractivity contribution < 1.29 is 9.90 Å². The Bertz CT molecular complexity index is 127. The summed E-state index contributed by atoms with van der Waals surface area (Å²) >= 11 is 0. The normalized spacial score (nSPS) is 13.8. The zero-order chi connectivity index (χ0) is 7.98. The van der Waals surface area contributed by atoms with Crippen LogP contribution in [0.1, 0.15) is 26.7 Å². The fraction of sp³-hybridized carbons (Fsp3) is 0.625. The van der Waals surface area contributed by atoms with Crippen molar-refractivity contribution in [2.24, 2.45) is 5.92 Å². The molecule has 0 amide bonds. The van der Waals surface area contributed by atoms with Crippen molar-refractivity contribution in [1.82, 2.24) is 0 Å². The standard InChI is InChI=1S/C8H14O2/c1-3-5-7(4-2)6-8(9)10/h3,5,7H,4,6H2,1-2H3,(H,9,10)/b5-3+/t7-/m0/s1. The Morgan fingerprint density at radius 1 is 1.70 bits per heavy atom. The number of hydrogen-bond acceptors (Lipinski definition) is 1. The molecule has 58 valence electrons. The van der Waals surface area contributed by atoms with Crippen LogP contribution < -0.4 is 0 Å². The molecule has 0 unspecified atom stereocenters. The second-order valence-electron chi connectivity index (χ2n) is 2.29. The van der Waals surface area contributed by atoms with Crippen molar-refractivity contribution in [3.63, 3.8) is 0 Å². The largest absolute Gasteiger partial charge is 0.481 e. The maximum absolute atomic E-state index is 10.2. The molecule has 1 N–H and O–H groups in total. The van der Waals surface area contributed by atoms with E-state index in [1.54, 1.807) is 0 Å². The minimum absolute atomic E-state index is 0.211. The van der Waals surface area contributed by atoms with Crippen LogP contribution in [-0.4, -0.2) is 11.1 Å². The third kappa shape index (κ3) is 4.13. The monoisotopic (exact) mass is 142 g/mol. The van der Waals surface area contributed by atoms with Gasteiger partial charge in [0.2, 0.25) is 0 Å². The van der Waals surface area contributed by atoms with Crippen LogP contribution in [0.5, 0.6) is 0 Å². The van der Waals surface area contributed by atoms with E-state index in [1.807, 2.05) is 26.0 Å². The molecule has 0 aliphatic rings. The molecule has 2 heteroatoms. The number of carboxylic acids is 1. The lowest BCUT2D eigenvalue weighted by Crippen LogP contribution is -2.03. The number of aliphatic carboxylic acids is 1. The molecule has 0 aromatic heterocycles. The first kappa shape index (κ1) is 9.21. The van der Waals surface area contributed by atoms with Crippen LogP contribution in [0.25, 0.3) is 0 Å². The smallest absolute Gasteiger partial charge is 0.303 e. The van der Waals surface area contributed by atoms with Gasteiger partial charge >= 0.3 is 5.97 Å². The minimum atomic E-state index is -0.718. The molecule has 0 rings (SSSR count). The minimum Gasteiger partial charge on any atom is -0.481 e. The lowest BCUT2D eigenvalue weighted by Gasteiger charge is -2.03. The average molecular weight is 142 g/mol. The van der Waals surface area contributed by atoms with Crippen LogP contribution in [0, 0.1) is 5.92 Å². The SMILES string of the molecule is C/C=C/[C@H](CC)CC(=O)O. The van der Waals surface area contributed by atoms with Gasteiger partial charge in [-0.15, -0.1) is 0 Å². The second-order valence-corrected chi connectivity index (χ2v) is 2.29. The summed E-state index contributed by atoms with van der Waals surface area (Å²) in [7, 11) is 0. The molecule has 0 aliphatic heterocycles. The zero-order valence-electron chi connectivity index (χ0n) is 6.50. The number of carboxylic acid groups (broad SMARTS) is 1. The van der Waals surface area contributed by atoms with E-state index in [4.69, 9.17) is 5.11 Å². The van der Waals surface area contributed by atoms with Gasteiger partial charge in [0.25, 0.3) is 0 Å². The molecule has 0 aromatic carbocycles. The van der Waals surface area contributed by atoms with Crippen LogP contribution in [-0.2, 0) is 4.79 Å². The van der Waals surface area contributed by atoms with Gasteiger partial charge in [-0.05, 0) is 19.3 Å². The van der Waals surface area contributed by atoms with E-state index in [9.17, 15) is 4.79 Å². The van der Waals surface area contributed by atoms with Gasteiger partial charge in [-0.25, -0.2) is 0 Å². The molecule has 0 bridgehead atoms. The van der Waals surface area contributed by atoms with E-state index in [2.05, 4.69) is 0 Å². The van der Waals surface area contributed by atoms with Gasteiger partial charge in [-0.3, -0.25) is 4.79 Å². The van der Waals surface area contributed by atoms with Crippen LogP contribution in [0.4, 0.5) is 0 Å². The molecule has 0 fully saturated rings. The Balaban J connectivity index is 3.71. The lowest BCUT2D eigenvalue weighted by molar-refractivity contribution is -0.137. The van der Waals surface area contributed by atoms with Crippen molar-refractivity contribution in [2.45, 2.75) is 26.7 Å². The number of rotatable bonds is 4. The quantitative estimate of drug-likeness (QED) is 0.610. The van der Waals surface area contributed by atoms with E-state index >= 15 is 0 Å². The van der Waals surface area contributed by atoms with Crippen molar-refractivity contribution in [1.29, 1.82) is 0 Å². The molecule has 0 aromatic rings. The second kappa shape index (κ2) is 5.03. The molecule has 0 saturated heterocycles. The van der Waals surface area contributed by atoms with Crippen LogP contribution >= 0.6 is 0 Å². The van der Waals surface area contributed by atoms with E-state index in [0.717, 1.165) is 6.42 Å². The molecule has 0 aliphatic carbocycles. The summed E-state index contributed by atoms with van der Waals surface area (Å²) < 4.78 is 0. The summed E-state index contributed by atoms with van der Waals surface area (Å²) in [5.74, 6) is -0.507. The van der Waals surface area contributed by atoms with E-state index < -0.39 is 5.97 Å². The van der Waals surface area contributed by atoms with Gasteiger partial charge in [0.15, 0.2) is 0 Å². The first-order valence-electron chi connectivity index (χ1n) is 3.55. The Morgan fingerprint density at radius 2 is 2.30 bits per heavy atom. The number of hydrogen-bond donors (Lipinski definition) is 1. The first-order valence-corrected chi connectivity index (χ1v) is 3.55. The maximum Gasteiger partial charge on any atom is 0.303 e. The fourth-order valence-corrected chi connectivity index (χ4v) is 0.845. The van der Waals surface area contributed by atoms with Crippen molar-refractivity contribution in [3.8, 4) is 0 Å². The third-order valence-electron chi connectivity index (χ3n) is 1.43. The fourth-order valence-electron chi connectivity index (χ4n) is 0.845. The molecule has 1 atom stereocenters. The van der Waals surface area contributed by atoms with Crippen LogP contribution in [0.2, 0.25) is 0 Å². The summed E-state index contributed by atoms with van der Waals surface area (Å²) in [5, 5.41) is 8.41. The third-order valence-corrected chi connectivity index (χ3v) is 1.43. The molecule has 2 nitrogen and oxygen atoms in total. The van der Waals surface area contributed by atoms with Crippen molar-refractivity contribution in [3.05, 3.63) is 12.2 Å². The maximum atomic E-state index is 10.2. The average Bonchev–Trinajstić information content (AvgIpc) is 1.86. The Kier molecular flexibility index (Phi) is 4.63. The molecular weight excluding hydrogens is 128 g/mol. The molecule has 0 heterocycles. The van der Waals surface area contributed by atoms with Gasteiger partial charge in [-0.1, -0.05) is 19.1 Å². The molecule has 10 heavy (non-hydrogen) atoms. The van der Waals surface area contributed by atoms with Gasteiger partial charge < -0.3 is 5.11 Å². The zero-order valence-corrected chi connectivity index (χ0v) is 6.50. The number of carbonyl (C=O) groups is 1. The van der Waals surface area contributed by atoms with Gasteiger partial charge in [0.05, 0.1) is 6.42 Å². The predicted octanol–water partition coefficient (Wildman–Crippen LogP) is 2.06. The summed E-state index contributed by atoms with van der Waals surface area (Å²) in [6.45, 7) is 3.90. The highest BCUT2D eigenvalue weighted by Gasteiger charge is 2.05. The molecule has 0 radical (unpaired) electrons. The van der Waals surface area contributed by atoms with Crippen LogP contribution in [0.15, 0.2) is 12.2 Å². The summed E-state index contributed by atoms with van der Waals surface area (Å²) in [5.41, 5.74) is 0. The van der Waals surface area contributed by atoms with E-state index in [0.29, 0.717) is 0 Å². The lowest BCUT2D eigenvalue weighted by atomic mass is 10.0. The molecular formula is C8H14O2. The summed E-state index contributed by atoms with van der Waals surface area (Å²) in [6, 6.07) is 0. The Morgan fingerprint density at radius 3 is 2.60 bits per heavy atom. The van der Waals surface area contributed by atoms with E-state index in [-0.39, 0.29) is 12.3 Å². The predicted molar refractivity (Wildman–Crippen MR) is 40.8 cm³/mol. The first-order chi connectivity index (χ1) is 4.70. The highest BCUT2D eigenvalue weighted by molar-refractivity contribution is 5.67. The van der Waals surface area contributed by atoms with Gasteiger partial charge in [0, 0.05) is 0 Å². The highest BCUT2D eigenvalue weighted by atomic mass is 16.4. The summed E-state index contributed by atoms with van der Waals surface area (Å²) in [4.78, 5) is 10.2. The highest BCUT2D eigenvalue weighted by Crippen LogP contribution is 2.08. The van der Waals surface area contributed by atoms with E-state index in [1.165, 1.54) is 0 Å². The Hall–Kier alpha value is -0.790. The molecule has 0 saturated carbocycles. The topological polar surface area (TPSA) is 37.3 Å².